The molecular weight excluding hydrogens is 188 g/mol. The molecule has 0 aromatic heterocycles. The molecule has 0 aliphatic heterocycles. The van der Waals surface area contributed by atoms with Gasteiger partial charge in [-0.25, -0.2) is 0 Å². The standard InChI is InChI=1S/C13H16O2/c14-10-3-4-13(15)12(7-10)11-6-8-1-2-9(11)5-8/h3-4,7-9,11,14-15H,1-2,5-6H2/t8-,9+,11-/m1/s1. The summed E-state index contributed by atoms with van der Waals surface area (Å²) in [5.41, 5.74) is 0.960. The number of hydrogen-bond donors (Lipinski definition) is 2. The van der Waals surface area contributed by atoms with E-state index in [4.69, 9.17) is 0 Å². The van der Waals surface area contributed by atoms with Crippen molar-refractivity contribution in [3.63, 3.8) is 0 Å². The second-order valence-corrected chi connectivity index (χ2v) is 5.02. The van der Waals surface area contributed by atoms with Crippen LogP contribution in [0.4, 0.5) is 0 Å². The van der Waals surface area contributed by atoms with E-state index in [-0.39, 0.29) is 5.75 Å². The van der Waals surface area contributed by atoms with Crippen LogP contribution in [0.2, 0.25) is 0 Å². The first-order valence-electron chi connectivity index (χ1n) is 5.76. The Labute approximate surface area is 89.6 Å². The Morgan fingerprint density at radius 2 is 1.93 bits per heavy atom. The van der Waals surface area contributed by atoms with Crippen molar-refractivity contribution in [2.75, 3.05) is 0 Å². The Morgan fingerprint density at radius 1 is 1.07 bits per heavy atom. The fourth-order valence-corrected chi connectivity index (χ4v) is 3.46. The molecule has 2 fully saturated rings. The molecule has 15 heavy (non-hydrogen) atoms. The molecule has 0 spiro atoms. The monoisotopic (exact) mass is 204 g/mol. The zero-order chi connectivity index (χ0) is 10.4. The quantitative estimate of drug-likeness (QED) is 0.690. The summed E-state index contributed by atoms with van der Waals surface area (Å²) in [6.07, 6.45) is 5.17. The fraction of sp³-hybridized carbons (Fsp3) is 0.538. The van der Waals surface area contributed by atoms with E-state index in [1.807, 2.05) is 0 Å². The predicted octanol–water partition coefficient (Wildman–Crippen LogP) is 3.00. The average Bonchev–Trinajstić information content (AvgIpc) is 2.83. The second kappa shape index (κ2) is 3.16. The van der Waals surface area contributed by atoms with E-state index in [1.165, 1.54) is 25.7 Å². The first-order valence-corrected chi connectivity index (χ1v) is 5.76. The van der Waals surface area contributed by atoms with Crippen LogP contribution in [0.25, 0.3) is 0 Å². The average molecular weight is 204 g/mol. The van der Waals surface area contributed by atoms with E-state index in [0.29, 0.717) is 11.7 Å². The Morgan fingerprint density at radius 3 is 2.60 bits per heavy atom. The van der Waals surface area contributed by atoms with E-state index in [9.17, 15) is 10.2 Å². The number of hydrogen-bond acceptors (Lipinski definition) is 2. The van der Waals surface area contributed by atoms with Crippen LogP contribution in [0.3, 0.4) is 0 Å². The summed E-state index contributed by atoms with van der Waals surface area (Å²) < 4.78 is 0. The fourth-order valence-electron chi connectivity index (χ4n) is 3.46. The van der Waals surface area contributed by atoms with Gasteiger partial charge in [0.25, 0.3) is 0 Å². The Kier molecular flexibility index (Phi) is 1.91. The first-order chi connectivity index (χ1) is 7.24. The third-order valence-corrected chi connectivity index (χ3v) is 4.15. The summed E-state index contributed by atoms with van der Waals surface area (Å²) in [6, 6.07) is 4.89. The molecule has 2 saturated carbocycles. The minimum Gasteiger partial charge on any atom is -0.508 e. The number of phenolic OH excluding ortho intramolecular Hbond substituents is 2. The van der Waals surface area contributed by atoms with Crippen LogP contribution in [0.1, 0.15) is 37.2 Å². The summed E-state index contributed by atoms with van der Waals surface area (Å²) in [7, 11) is 0. The van der Waals surface area contributed by atoms with Crippen LogP contribution in [0, 0.1) is 11.8 Å². The summed E-state index contributed by atoms with van der Waals surface area (Å²) in [6.45, 7) is 0. The largest absolute Gasteiger partial charge is 0.508 e. The maximum absolute atomic E-state index is 9.81. The molecule has 80 valence electrons. The van der Waals surface area contributed by atoms with Gasteiger partial charge in [0.15, 0.2) is 0 Å². The first kappa shape index (κ1) is 9.08. The molecule has 0 amide bonds. The lowest BCUT2D eigenvalue weighted by atomic mass is 9.83. The highest BCUT2D eigenvalue weighted by Crippen LogP contribution is 2.54. The molecule has 3 atom stereocenters. The molecule has 1 aromatic carbocycles. The van der Waals surface area contributed by atoms with Gasteiger partial charge in [0.2, 0.25) is 0 Å². The van der Waals surface area contributed by atoms with Gasteiger partial charge in [0.05, 0.1) is 0 Å². The van der Waals surface area contributed by atoms with Gasteiger partial charge in [-0.2, -0.15) is 0 Å². The highest BCUT2D eigenvalue weighted by atomic mass is 16.3. The van der Waals surface area contributed by atoms with Gasteiger partial charge in [-0.05, 0) is 55.2 Å². The molecule has 0 unspecified atom stereocenters. The van der Waals surface area contributed by atoms with Crippen LogP contribution in [-0.4, -0.2) is 10.2 Å². The normalized spacial score (nSPS) is 33.5. The third kappa shape index (κ3) is 1.39. The number of phenols is 2. The lowest BCUT2D eigenvalue weighted by molar-refractivity contribution is 0.393. The SMILES string of the molecule is Oc1ccc(O)c([C@@H]2C[C@@H]3CC[C@H]2C3)c1. The van der Waals surface area contributed by atoms with Crippen molar-refractivity contribution in [1.29, 1.82) is 0 Å². The minimum absolute atomic E-state index is 0.269. The molecule has 0 saturated heterocycles. The number of aromatic hydroxyl groups is 2. The van der Waals surface area contributed by atoms with Crippen LogP contribution < -0.4 is 0 Å². The summed E-state index contributed by atoms with van der Waals surface area (Å²) in [4.78, 5) is 0. The van der Waals surface area contributed by atoms with Gasteiger partial charge in [0.1, 0.15) is 11.5 Å². The van der Waals surface area contributed by atoms with Crippen LogP contribution in [0.15, 0.2) is 18.2 Å². The zero-order valence-corrected chi connectivity index (χ0v) is 8.69. The molecule has 2 heteroatoms. The zero-order valence-electron chi connectivity index (χ0n) is 8.69. The molecule has 1 aromatic rings. The maximum Gasteiger partial charge on any atom is 0.119 e. The Hall–Kier alpha value is -1.18. The van der Waals surface area contributed by atoms with Crippen molar-refractivity contribution in [2.45, 2.75) is 31.6 Å². The Balaban J connectivity index is 1.96. The number of fused-ring (bicyclic) bond motifs is 2. The van der Waals surface area contributed by atoms with E-state index in [1.54, 1.807) is 18.2 Å². The second-order valence-electron chi connectivity index (χ2n) is 5.02. The predicted molar refractivity (Wildman–Crippen MR) is 58.0 cm³/mol. The van der Waals surface area contributed by atoms with Gasteiger partial charge in [0, 0.05) is 5.56 Å². The van der Waals surface area contributed by atoms with E-state index in [2.05, 4.69) is 0 Å². The maximum atomic E-state index is 9.81. The molecule has 3 rings (SSSR count). The highest BCUT2D eigenvalue weighted by molar-refractivity contribution is 5.42. The van der Waals surface area contributed by atoms with Crippen molar-refractivity contribution >= 4 is 0 Å². The number of rotatable bonds is 1. The molecular formula is C13H16O2. The van der Waals surface area contributed by atoms with Gasteiger partial charge < -0.3 is 10.2 Å². The molecule has 2 aliphatic rings. The van der Waals surface area contributed by atoms with E-state index in [0.717, 1.165) is 17.4 Å². The molecule has 0 radical (unpaired) electrons. The summed E-state index contributed by atoms with van der Waals surface area (Å²) in [5, 5.41) is 19.3. The van der Waals surface area contributed by atoms with Gasteiger partial charge in [-0.3, -0.25) is 0 Å². The molecule has 2 aliphatic carbocycles. The lowest BCUT2D eigenvalue weighted by Gasteiger charge is -2.22. The molecule has 2 nitrogen and oxygen atoms in total. The topological polar surface area (TPSA) is 40.5 Å². The van der Waals surface area contributed by atoms with Gasteiger partial charge in [-0.15, -0.1) is 0 Å². The van der Waals surface area contributed by atoms with Crippen molar-refractivity contribution in [3.8, 4) is 11.5 Å². The van der Waals surface area contributed by atoms with Crippen molar-refractivity contribution in [2.24, 2.45) is 11.8 Å². The van der Waals surface area contributed by atoms with Crippen molar-refractivity contribution in [3.05, 3.63) is 23.8 Å². The van der Waals surface area contributed by atoms with Crippen molar-refractivity contribution < 1.29 is 10.2 Å². The van der Waals surface area contributed by atoms with Crippen LogP contribution in [-0.2, 0) is 0 Å². The van der Waals surface area contributed by atoms with Crippen molar-refractivity contribution in [1.82, 2.24) is 0 Å². The lowest BCUT2D eigenvalue weighted by Crippen LogP contribution is -2.08. The molecule has 2 N–H and O–H groups in total. The van der Waals surface area contributed by atoms with Gasteiger partial charge >= 0.3 is 0 Å². The van der Waals surface area contributed by atoms with Gasteiger partial charge in [-0.1, -0.05) is 6.42 Å². The molecule has 0 heterocycles. The Bertz CT molecular complexity index is 386. The van der Waals surface area contributed by atoms with Crippen LogP contribution >= 0.6 is 0 Å². The minimum atomic E-state index is 0.269. The smallest absolute Gasteiger partial charge is 0.119 e. The number of benzene rings is 1. The van der Waals surface area contributed by atoms with E-state index >= 15 is 0 Å². The summed E-state index contributed by atoms with van der Waals surface area (Å²) >= 11 is 0. The highest BCUT2D eigenvalue weighted by Gasteiger charge is 2.41. The third-order valence-electron chi connectivity index (χ3n) is 4.15. The van der Waals surface area contributed by atoms with E-state index < -0.39 is 0 Å². The summed E-state index contributed by atoms with van der Waals surface area (Å²) in [5.74, 6) is 2.70. The van der Waals surface area contributed by atoms with Crippen LogP contribution in [0.5, 0.6) is 11.5 Å². The molecule has 2 bridgehead atoms.